The third-order valence-electron chi connectivity index (χ3n) is 5.36. The molecule has 1 aromatic carbocycles. The number of aromatic nitrogens is 2. The topological polar surface area (TPSA) is 72.8 Å². The third kappa shape index (κ3) is 4.07. The van der Waals surface area contributed by atoms with Crippen LogP contribution in [-0.2, 0) is 0 Å². The van der Waals surface area contributed by atoms with Gasteiger partial charge in [0, 0.05) is 56.1 Å². The highest BCUT2D eigenvalue weighted by Crippen LogP contribution is 2.24. The van der Waals surface area contributed by atoms with Gasteiger partial charge in [0.15, 0.2) is 0 Å². The summed E-state index contributed by atoms with van der Waals surface area (Å²) >= 11 is 11.8. The van der Waals surface area contributed by atoms with E-state index in [1.54, 1.807) is 36.5 Å². The highest BCUT2D eigenvalue weighted by Gasteiger charge is 2.38. The van der Waals surface area contributed by atoms with Crippen molar-refractivity contribution in [2.24, 2.45) is 0 Å². The van der Waals surface area contributed by atoms with E-state index >= 15 is 0 Å². The van der Waals surface area contributed by atoms with Crippen LogP contribution in [0.3, 0.4) is 0 Å². The maximum atomic E-state index is 12.7. The Bertz CT molecular complexity index is 842. The second-order valence-electron chi connectivity index (χ2n) is 7.06. The highest BCUT2D eigenvalue weighted by molar-refractivity contribution is 6.30. The van der Waals surface area contributed by atoms with Crippen molar-refractivity contribution in [3.8, 4) is 0 Å². The number of carbonyl (C=O) groups is 1. The molecule has 2 saturated heterocycles. The average Bonchev–Trinajstić information content (AvgIpc) is 3.10. The van der Waals surface area contributed by atoms with E-state index in [0.717, 1.165) is 18.9 Å². The standard InChI is InChI=1S/C19H21Cl2N5O2/c20-14-3-1-13(2-4-14)18(28)25-9-7-24(8-10-25)15-11-26(12-16(15)27)17-5-6-22-19(21)23-17/h1-6,15-16,27H,7-12H2/t15-,16-/m1/s1. The fourth-order valence-electron chi connectivity index (χ4n) is 3.85. The van der Waals surface area contributed by atoms with Gasteiger partial charge in [0.1, 0.15) is 5.82 Å². The molecule has 0 saturated carbocycles. The number of β-amino-alcohol motifs (C(OH)–C–C–N with tert-alkyl or cyclic N) is 1. The molecule has 4 rings (SSSR count). The van der Waals surface area contributed by atoms with Crippen molar-refractivity contribution in [2.75, 3.05) is 44.2 Å². The lowest BCUT2D eigenvalue weighted by atomic mass is 10.1. The molecule has 7 nitrogen and oxygen atoms in total. The van der Waals surface area contributed by atoms with Gasteiger partial charge in [-0.05, 0) is 41.9 Å². The van der Waals surface area contributed by atoms with Gasteiger partial charge in [-0.3, -0.25) is 9.69 Å². The zero-order chi connectivity index (χ0) is 19.7. The molecule has 148 valence electrons. The molecule has 3 heterocycles. The summed E-state index contributed by atoms with van der Waals surface area (Å²) in [7, 11) is 0. The molecule has 0 spiro atoms. The minimum absolute atomic E-state index is 0.00141. The van der Waals surface area contributed by atoms with E-state index in [9.17, 15) is 9.90 Å². The number of piperazine rings is 1. The SMILES string of the molecule is O=C(c1ccc(Cl)cc1)N1CCN([C@@H]2CN(c3ccnc(Cl)n3)C[C@H]2O)CC1. The normalized spacial score (nSPS) is 23.2. The summed E-state index contributed by atoms with van der Waals surface area (Å²) in [4.78, 5) is 26.9. The number of aliphatic hydroxyl groups excluding tert-OH is 1. The molecule has 2 atom stereocenters. The Balaban J connectivity index is 1.36. The second-order valence-corrected chi connectivity index (χ2v) is 7.83. The van der Waals surface area contributed by atoms with Crippen molar-refractivity contribution >= 4 is 34.9 Å². The van der Waals surface area contributed by atoms with Crippen LogP contribution in [0.15, 0.2) is 36.5 Å². The predicted molar refractivity (Wildman–Crippen MR) is 108 cm³/mol. The second kappa shape index (κ2) is 8.21. The van der Waals surface area contributed by atoms with Gasteiger partial charge in [0.05, 0.1) is 12.1 Å². The van der Waals surface area contributed by atoms with Crippen LogP contribution < -0.4 is 4.90 Å². The molecule has 2 aliphatic heterocycles. The summed E-state index contributed by atoms with van der Waals surface area (Å²) in [5.74, 6) is 0.735. The molecule has 2 aromatic rings. The van der Waals surface area contributed by atoms with Gasteiger partial charge in [-0.1, -0.05) is 11.6 Å². The number of benzene rings is 1. The first-order chi connectivity index (χ1) is 13.5. The first kappa shape index (κ1) is 19.4. The maximum absolute atomic E-state index is 12.7. The Morgan fingerprint density at radius 1 is 1.04 bits per heavy atom. The van der Waals surface area contributed by atoms with E-state index < -0.39 is 6.10 Å². The van der Waals surface area contributed by atoms with Gasteiger partial charge in [0.25, 0.3) is 5.91 Å². The van der Waals surface area contributed by atoms with Crippen LogP contribution in [0.25, 0.3) is 0 Å². The largest absolute Gasteiger partial charge is 0.390 e. The minimum Gasteiger partial charge on any atom is -0.390 e. The Morgan fingerprint density at radius 2 is 1.75 bits per heavy atom. The van der Waals surface area contributed by atoms with E-state index in [4.69, 9.17) is 23.2 Å². The zero-order valence-electron chi connectivity index (χ0n) is 15.2. The molecular formula is C19H21Cl2N5O2. The molecule has 0 aliphatic carbocycles. The van der Waals surface area contributed by atoms with Gasteiger partial charge < -0.3 is 14.9 Å². The fraction of sp³-hybridized carbons (Fsp3) is 0.421. The number of aliphatic hydroxyl groups is 1. The van der Waals surface area contributed by atoms with Crippen molar-refractivity contribution in [1.82, 2.24) is 19.8 Å². The molecule has 1 amide bonds. The van der Waals surface area contributed by atoms with Gasteiger partial charge in [-0.25, -0.2) is 9.97 Å². The summed E-state index contributed by atoms with van der Waals surface area (Å²) in [5.41, 5.74) is 0.644. The number of rotatable bonds is 3. The maximum Gasteiger partial charge on any atom is 0.253 e. The first-order valence-electron chi connectivity index (χ1n) is 9.22. The lowest BCUT2D eigenvalue weighted by Crippen LogP contribution is -2.54. The summed E-state index contributed by atoms with van der Waals surface area (Å²) in [5, 5.41) is 11.4. The quantitative estimate of drug-likeness (QED) is 0.761. The van der Waals surface area contributed by atoms with Gasteiger partial charge in [-0.15, -0.1) is 0 Å². The Morgan fingerprint density at radius 3 is 2.43 bits per heavy atom. The molecule has 9 heteroatoms. The van der Waals surface area contributed by atoms with Gasteiger partial charge in [0.2, 0.25) is 5.28 Å². The molecule has 2 aliphatic rings. The number of hydrogen-bond acceptors (Lipinski definition) is 6. The number of nitrogens with zero attached hydrogens (tertiary/aromatic N) is 5. The smallest absolute Gasteiger partial charge is 0.253 e. The molecule has 1 aromatic heterocycles. The minimum atomic E-state index is -0.479. The summed E-state index contributed by atoms with van der Waals surface area (Å²) in [6, 6.07) is 8.76. The average molecular weight is 422 g/mol. The molecule has 28 heavy (non-hydrogen) atoms. The third-order valence-corrected chi connectivity index (χ3v) is 5.79. The van der Waals surface area contributed by atoms with Crippen LogP contribution in [0.2, 0.25) is 10.3 Å². The number of carbonyl (C=O) groups excluding carboxylic acids is 1. The summed E-state index contributed by atoms with van der Waals surface area (Å²) in [6.45, 7) is 3.87. The first-order valence-corrected chi connectivity index (χ1v) is 9.97. The number of amides is 1. The monoisotopic (exact) mass is 421 g/mol. The Hall–Kier alpha value is -1.93. The van der Waals surface area contributed by atoms with Crippen LogP contribution in [0.5, 0.6) is 0 Å². The van der Waals surface area contributed by atoms with Crippen LogP contribution in [0, 0.1) is 0 Å². The van der Waals surface area contributed by atoms with Crippen LogP contribution in [0.4, 0.5) is 5.82 Å². The van der Waals surface area contributed by atoms with Crippen molar-refractivity contribution < 1.29 is 9.90 Å². The lowest BCUT2D eigenvalue weighted by Gasteiger charge is -2.38. The van der Waals surface area contributed by atoms with E-state index in [1.807, 2.05) is 9.80 Å². The lowest BCUT2D eigenvalue weighted by molar-refractivity contribution is 0.0376. The van der Waals surface area contributed by atoms with Gasteiger partial charge >= 0.3 is 0 Å². The number of anilines is 1. The van der Waals surface area contributed by atoms with Crippen LogP contribution in [0.1, 0.15) is 10.4 Å². The van der Waals surface area contributed by atoms with E-state index in [1.165, 1.54) is 0 Å². The molecular weight excluding hydrogens is 401 g/mol. The number of halogens is 2. The Kier molecular flexibility index (Phi) is 5.68. The molecule has 1 N–H and O–H groups in total. The molecule has 0 unspecified atom stereocenters. The van der Waals surface area contributed by atoms with E-state index in [-0.39, 0.29) is 17.2 Å². The fourth-order valence-corrected chi connectivity index (χ4v) is 4.12. The number of hydrogen-bond donors (Lipinski definition) is 1. The molecule has 0 radical (unpaired) electrons. The predicted octanol–water partition coefficient (Wildman–Crippen LogP) is 1.79. The Labute approximate surface area is 173 Å². The summed E-state index contributed by atoms with van der Waals surface area (Å²) < 4.78 is 0. The van der Waals surface area contributed by atoms with Crippen molar-refractivity contribution in [1.29, 1.82) is 0 Å². The van der Waals surface area contributed by atoms with Gasteiger partial charge in [-0.2, -0.15) is 0 Å². The summed E-state index contributed by atoms with van der Waals surface area (Å²) in [6.07, 6.45) is 1.14. The van der Waals surface area contributed by atoms with Crippen molar-refractivity contribution in [3.63, 3.8) is 0 Å². The van der Waals surface area contributed by atoms with Crippen LogP contribution in [-0.4, -0.2) is 82.2 Å². The highest BCUT2D eigenvalue weighted by atomic mass is 35.5. The van der Waals surface area contributed by atoms with E-state index in [2.05, 4.69) is 14.9 Å². The molecule has 0 bridgehead atoms. The van der Waals surface area contributed by atoms with Crippen molar-refractivity contribution in [3.05, 3.63) is 52.4 Å². The van der Waals surface area contributed by atoms with Crippen molar-refractivity contribution in [2.45, 2.75) is 12.1 Å². The zero-order valence-corrected chi connectivity index (χ0v) is 16.7. The van der Waals surface area contributed by atoms with E-state index in [0.29, 0.717) is 36.8 Å². The molecule has 2 fully saturated rings. The van der Waals surface area contributed by atoms with Crippen LogP contribution >= 0.6 is 23.2 Å².